The van der Waals surface area contributed by atoms with Gasteiger partial charge < -0.3 is 5.11 Å². The van der Waals surface area contributed by atoms with E-state index in [4.69, 9.17) is 0 Å². The summed E-state index contributed by atoms with van der Waals surface area (Å²) >= 11 is 0. The van der Waals surface area contributed by atoms with Crippen LogP contribution in [0.1, 0.15) is 52.7 Å². The van der Waals surface area contributed by atoms with Crippen LogP contribution in [0.25, 0.3) is 11.1 Å². The predicted molar refractivity (Wildman–Crippen MR) is 97.6 cm³/mol. The Balaban J connectivity index is 2.85. The number of phenolic OH excluding ortho intramolecular Hbond substituents is 1. The highest BCUT2D eigenvalue weighted by Crippen LogP contribution is 2.41. The normalized spacial score (nSPS) is 12.2. The zero-order chi connectivity index (χ0) is 18.3. The smallest absolute Gasteiger partial charge is 0.273 e. The molecule has 0 aliphatic heterocycles. The van der Waals surface area contributed by atoms with Crippen molar-refractivity contribution in [1.29, 1.82) is 0 Å². The lowest BCUT2D eigenvalue weighted by atomic mass is 9.76. The minimum Gasteiger partial charge on any atom is -0.508 e. The van der Waals surface area contributed by atoms with Crippen molar-refractivity contribution >= 4 is 5.69 Å². The summed E-state index contributed by atoms with van der Waals surface area (Å²) in [6.07, 6.45) is 0. The van der Waals surface area contributed by atoms with Gasteiger partial charge >= 0.3 is 0 Å². The Hall–Kier alpha value is -2.36. The molecule has 0 saturated heterocycles. The number of phenols is 1. The molecule has 0 aromatic heterocycles. The average Bonchev–Trinajstić information content (AvgIpc) is 2.44. The van der Waals surface area contributed by atoms with E-state index < -0.39 is 0 Å². The molecule has 0 fully saturated rings. The SMILES string of the molecule is CC(C)(C)c1cc(C(C)(C)C)c([N+](=O)[O-])cc1-c1ccc(O)cc1. The van der Waals surface area contributed by atoms with E-state index in [2.05, 4.69) is 20.8 Å². The third-order valence-electron chi connectivity index (χ3n) is 4.13. The van der Waals surface area contributed by atoms with E-state index in [-0.39, 0.29) is 27.2 Å². The fourth-order valence-corrected chi connectivity index (χ4v) is 2.84. The minimum absolute atomic E-state index is 0.138. The molecule has 2 aromatic rings. The Bertz CT molecular complexity index is 763. The number of benzene rings is 2. The molecule has 0 spiro atoms. The first-order chi connectivity index (χ1) is 10.9. The molecule has 0 saturated carbocycles. The Morgan fingerprint density at radius 3 is 1.79 bits per heavy atom. The lowest BCUT2D eigenvalue weighted by molar-refractivity contribution is -0.385. The van der Waals surface area contributed by atoms with E-state index in [1.54, 1.807) is 30.3 Å². The highest BCUT2D eigenvalue weighted by Gasteiger charge is 2.30. The molecule has 0 radical (unpaired) electrons. The van der Waals surface area contributed by atoms with Crippen molar-refractivity contribution in [3.63, 3.8) is 0 Å². The van der Waals surface area contributed by atoms with Gasteiger partial charge in [0, 0.05) is 11.6 Å². The van der Waals surface area contributed by atoms with Gasteiger partial charge in [-0.3, -0.25) is 10.1 Å². The van der Waals surface area contributed by atoms with Gasteiger partial charge in [-0.1, -0.05) is 53.7 Å². The Labute approximate surface area is 143 Å². The molecule has 0 heterocycles. The number of aromatic hydroxyl groups is 1. The van der Waals surface area contributed by atoms with E-state index in [9.17, 15) is 15.2 Å². The van der Waals surface area contributed by atoms with E-state index in [0.29, 0.717) is 0 Å². The summed E-state index contributed by atoms with van der Waals surface area (Å²) in [5.74, 6) is 0.178. The summed E-state index contributed by atoms with van der Waals surface area (Å²) in [7, 11) is 0. The largest absolute Gasteiger partial charge is 0.508 e. The van der Waals surface area contributed by atoms with E-state index in [1.165, 1.54) is 0 Å². The van der Waals surface area contributed by atoms with Crippen molar-refractivity contribution in [1.82, 2.24) is 0 Å². The fraction of sp³-hybridized carbons (Fsp3) is 0.400. The number of nitro groups is 1. The minimum atomic E-state index is -0.324. The third-order valence-corrected chi connectivity index (χ3v) is 4.13. The molecule has 0 amide bonds. The Kier molecular flexibility index (Phi) is 4.44. The van der Waals surface area contributed by atoms with Crippen molar-refractivity contribution in [2.45, 2.75) is 52.4 Å². The molecular formula is C20H25NO3. The Morgan fingerprint density at radius 2 is 1.38 bits per heavy atom. The van der Waals surface area contributed by atoms with E-state index in [1.807, 2.05) is 26.8 Å². The molecule has 2 rings (SSSR count). The second kappa shape index (κ2) is 5.93. The number of hydrogen-bond acceptors (Lipinski definition) is 3. The van der Waals surface area contributed by atoms with Gasteiger partial charge in [-0.2, -0.15) is 0 Å². The van der Waals surface area contributed by atoms with Crippen LogP contribution in [-0.2, 0) is 10.8 Å². The molecule has 128 valence electrons. The summed E-state index contributed by atoms with van der Waals surface area (Å²) in [5, 5.41) is 21.2. The van der Waals surface area contributed by atoms with E-state index in [0.717, 1.165) is 22.3 Å². The highest BCUT2D eigenvalue weighted by atomic mass is 16.6. The maximum atomic E-state index is 11.6. The first kappa shape index (κ1) is 18.0. The molecule has 2 aromatic carbocycles. The number of nitro benzene ring substituents is 1. The lowest BCUT2D eigenvalue weighted by Gasteiger charge is -2.27. The number of nitrogens with zero attached hydrogens (tertiary/aromatic N) is 1. The summed E-state index contributed by atoms with van der Waals surface area (Å²) in [6, 6.07) is 10.4. The molecule has 0 aliphatic rings. The van der Waals surface area contributed by atoms with Crippen LogP contribution in [0, 0.1) is 10.1 Å². The molecular weight excluding hydrogens is 302 g/mol. The van der Waals surface area contributed by atoms with Gasteiger partial charge in [-0.25, -0.2) is 0 Å². The fourth-order valence-electron chi connectivity index (χ4n) is 2.84. The van der Waals surface area contributed by atoms with Gasteiger partial charge in [0.2, 0.25) is 0 Å². The third kappa shape index (κ3) is 3.58. The van der Waals surface area contributed by atoms with Crippen LogP contribution in [-0.4, -0.2) is 10.0 Å². The van der Waals surface area contributed by atoms with Crippen molar-refractivity contribution in [3.05, 3.63) is 57.6 Å². The topological polar surface area (TPSA) is 63.4 Å². The molecule has 0 bridgehead atoms. The molecule has 0 aliphatic carbocycles. The zero-order valence-electron chi connectivity index (χ0n) is 15.2. The average molecular weight is 327 g/mol. The maximum Gasteiger partial charge on any atom is 0.273 e. The van der Waals surface area contributed by atoms with Crippen LogP contribution in [0.4, 0.5) is 5.69 Å². The van der Waals surface area contributed by atoms with Gasteiger partial charge in [0.25, 0.3) is 5.69 Å². The van der Waals surface area contributed by atoms with Crippen LogP contribution in [0.3, 0.4) is 0 Å². The van der Waals surface area contributed by atoms with Gasteiger partial charge in [-0.15, -0.1) is 0 Å². The summed E-state index contributed by atoms with van der Waals surface area (Å²) in [5.41, 5.74) is 3.14. The number of hydrogen-bond donors (Lipinski definition) is 1. The van der Waals surface area contributed by atoms with Crippen LogP contribution in [0.15, 0.2) is 36.4 Å². The van der Waals surface area contributed by atoms with Crippen LogP contribution < -0.4 is 0 Å². The molecule has 24 heavy (non-hydrogen) atoms. The number of rotatable bonds is 2. The van der Waals surface area contributed by atoms with Crippen LogP contribution in [0.5, 0.6) is 5.75 Å². The maximum absolute atomic E-state index is 11.6. The summed E-state index contributed by atoms with van der Waals surface area (Å²) in [6.45, 7) is 12.3. The van der Waals surface area contributed by atoms with Gasteiger partial charge in [0.15, 0.2) is 0 Å². The summed E-state index contributed by atoms with van der Waals surface area (Å²) < 4.78 is 0. The quantitative estimate of drug-likeness (QED) is 0.580. The lowest BCUT2D eigenvalue weighted by Crippen LogP contribution is -2.19. The standard InChI is InChI=1S/C20H25NO3/c1-19(2,3)16-12-17(20(4,5)6)18(21(23)24)11-15(16)13-7-9-14(22)10-8-13/h7-12,22H,1-6H3. The zero-order valence-corrected chi connectivity index (χ0v) is 15.2. The second-order valence-electron chi connectivity index (χ2n) is 8.22. The van der Waals surface area contributed by atoms with Crippen molar-refractivity contribution in [3.8, 4) is 16.9 Å². The van der Waals surface area contributed by atoms with Gasteiger partial charge in [-0.05, 0) is 45.7 Å². The van der Waals surface area contributed by atoms with Crippen molar-refractivity contribution in [2.75, 3.05) is 0 Å². The predicted octanol–water partition coefficient (Wildman–Crippen LogP) is 5.56. The summed E-state index contributed by atoms with van der Waals surface area (Å²) in [4.78, 5) is 11.3. The first-order valence-electron chi connectivity index (χ1n) is 8.04. The molecule has 4 heteroatoms. The molecule has 0 unspecified atom stereocenters. The van der Waals surface area contributed by atoms with Crippen LogP contribution >= 0.6 is 0 Å². The molecule has 1 N–H and O–H groups in total. The van der Waals surface area contributed by atoms with Crippen molar-refractivity contribution in [2.24, 2.45) is 0 Å². The second-order valence-corrected chi connectivity index (χ2v) is 8.22. The van der Waals surface area contributed by atoms with E-state index >= 15 is 0 Å². The molecule has 4 nitrogen and oxygen atoms in total. The monoisotopic (exact) mass is 327 g/mol. The van der Waals surface area contributed by atoms with Crippen molar-refractivity contribution < 1.29 is 10.0 Å². The molecule has 0 atom stereocenters. The first-order valence-corrected chi connectivity index (χ1v) is 8.04. The van der Waals surface area contributed by atoms with Crippen LogP contribution in [0.2, 0.25) is 0 Å². The Morgan fingerprint density at radius 1 is 0.875 bits per heavy atom. The van der Waals surface area contributed by atoms with Gasteiger partial charge in [0.1, 0.15) is 5.75 Å². The van der Waals surface area contributed by atoms with Gasteiger partial charge in [0.05, 0.1) is 4.92 Å². The highest BCUT2D eigenvalue weighted by molar-refractivity contribution is 5.73.